The first-order valence-electron chi connectivity index (χ1n) is 8.10. The van der Waals surface area contributed by atoms with E-state index in [1.165, 1.54) is 24.0 Å². The summed E-state index contributed by atoms with van der Waals surface area (Å²) < 4.78 is 5.29. The third-order valence-electron chi connectivity index (χ3n) is 3.98. The minimum absolute atomic E-state index is 0.652. The molecule has 1 N–H and O–H groups in total. The Kier molecular flexibility index (Phi) is 6.00. The molecule has 0 unspecified atom stereocenters. The number of nitrogens with one attached hydrogen (secondary N) is 1. The van der Waals surface area contributed by atoms with Crippen LogP contribution in [0, 0.1) is 13.8 Å². The molecule has 1 fully saturated rings. The van der Waals surface area contributed by atoms with Gasteiger partial charge in [0.1, 0.15) is 5.82 Å². The molecule has 0 aliphatic heterocycles. The zero-order chi connectivity index (χ0) is 15.2. The first kappa shape index (κ1) is 16.2. The molecule has 1 aliphatic carbocycles. The molecule has 4 heteroatoms. The number of hydrogen-bond acceptors (Lipinski definition) is 4. The second-order valence-corrected chi connectivity index (χ2v) is 5.98. The zero-order valence-corrected chi connectivity index (χ0v) is 13.9. The molecule has 1 aromatic rings. The van der Waals surface area contributed by atoms with E-state index in [1.807, 2.05) is 0 Å². The minimum Gasteiger partial charge on any atom is -0.383 e. The van der Waals surface area contributed by atoms with Gasteiger partial charge in [-0.05, 0) is 51.3 Å². The van der Waals surface area contributed by atoms with Crippen molar-refractivity contribution in [3.63, 3.8) is 0 Å². The highest BCUT2D eigenvalue weighted by atomic mass is 16.5. The van der Waals surface area contributed by atoms with Crippen molar-refractivity contribution < 1.29 is 4.74 Å². The van der Waals surface area contributed by atoms with Crippen molar-refractivity contribution in [3.8, 4) is 0 Å². The van der Waals surface area contributed by atoms with Crippen LogP contribution in [0.15, 0.2) is 6.07 Å². The maximum atomic E-state index is 5.29. The Labute approximate surface area is 128 Å². The van der Waals surface area contributed by atoms with Crippen molar-refractivity contribution in [2.75, 3.05) is 31.7 Å². The fourth-order valence-corrected chi connectivity index (χ4v) is 2.73. The van der Waals surface area contributed by atoms with Crippen LogP contribution in [0.2, 0.25) is 0 Å². The summed E-state index contributed by atoms with van der Waals surface area (Å²) in [5.41, 5.74) is 3.78. The van der Waals surface area contributed by atoms with Crippen LogP contribution in [0.5, 0.6) is 0 Å². The molecular weight excluding hydrogens is 262 g/mol. The number of hydrogen-bond donors (Lipinski definition) is 1. The average molecular weight is 291 g/mol. The van der Waals surface area contributed by atoms with E-state index in [4.69, 9.17) is 9.72 Å². The Morgan fingerprint density at radius 3 is 2.76 bits per heavy atom. The fraction of sp³-hybridized carbons (Fsp3) is 0.706. The van der Waals surface area contributed by atoms with E-state index < -0.39 is 0 Å². The van der Waals surface area contributed by atoms with E-state index >= 15 is 0 Å². The van der Waals surface area contributed by atoms with Gasteiger partial charge >= 0.3 is 0 Å². The molecule has 118 valence electrons. The Hall–Kier alpha value is -1.13. The topological polar surface area (TPSA) is 37.4 Å². The lowest BCUT2D eigenvalue weighted by atomic mass is 10.1. The number of nitrogens with zero attached hydrogens (tertiary/aromatic N) is 2. The molecule has 4 nitrogen and oxygen atoms in total. The molecule has 0 bridgehead atoms. The van der Waals surface area contributed by atoms with Crippen molar-refractivity contribution >= 4 is 5.82 Å². The summed E-state index contributed by atoms with van der Waals surface area (Å²) in [6.45, 7) is 10.1. The highest BCUT2D eigenvalue weighted by Crippen LogP contribution is 2.33. The summed E-state index contributed by atoms with van der Waals surface area (Å²) in [5, 5.41) is 3.52. The van der Waals surface area contributed by atoms with Gasteiger partial charge in [-0.2, -0.15) is 0 Å². The Morgan fingerprint density at radius 2 is 2.14 bits per heavy atom. The third kappa shape index (κ3) is 4.42. The van der Waals surface area contributed by atoms with Crippen molar-refractivity contribution in [2.45, 2.75) is 52.6 Å². The third-order valence-corrected chi connectivity index (χ3v) is 3.98. The van der Waals surface area contributed by atoms with E-state index in [0.717, 1.165) is 44.2 Å². The standard InChI is InChI=1S/C17H29N3O/c1-5-8-18-12-16-13(2)11-14(3)19-17(16)20(9-10-21-4)15-6-7-15/h11,15,18H,5-10,12H2,1-4H3. The Morgan fingerprint density at radius 1 is 1.38 bits per heavy atom. The molecule has 0 spiro atoms. The molecule has 0 aromatic carbocycles. The minimum atomic E-state index is 0.652. The van der Waals surface area contributed by atoms with E-state index in [2.05, 4.69) is 37.1 Å². The quantitative estimate of drug-likeness (QED) is 0.710. The monoisotopic (exact) mass is 291 g/mol. The van der Waals surface area contributed by atoms with Gasteiger partial charge in [0.25, 0.3) is 0 Å². The van der Waals surface area contributed by atoms with Gasteiger partial charge < -0.3 is 15.0 Å². The summed E-state index contributed by atoms with van der Waals surface area (Å²) in [6, 6.07) is 2.84. The van der Waals surface area contributed by atoms with E-state index in [9.17, 15) is 0 Å². The Balaban J connectivity index is 2.24. The number of pyridine rings is 1. The first-order chi connectivity index (χ1) is 10.2. The van der Waals surface area contributed by atoms with Crippen molar-refractivity contribution in [1.82, 2.24) is 10.3 Å². The summed E-state index contributed by atoms with van der Waals surface area (Å²) in [6.07, 6.45) is 3.71. The largest absolute Gasteiger partial charge is 0.383 e. The normalized spacial score (nSPS) is 14.5. The lowest BCUT2D eigenvalue weighted by molar-refractivity contribution is 0.204. The summed E-state index contributed by atoms with van der Waals surface area (Å²) in [7, 11) is 1.77. The molecule has 0 saturated heterocycles. The van der Waals surface area contributed by atoms with Gasteiger partial charge in [0.2, 0.25) is 0 Å². The van der Waals surface area contributed by atoms with Gasteiger partial charge in [-0.25, -0.2) is 4.98 Å². The van der Waals surface area contributed by atoms with Gasteiger partial charge in [-0.3, -0.25) is 0 Å². The maximum Gasteiger partial charge on any atom is 0.133 e. The fourth-order valence-electron chi connectivity index (χ4n) is 2.73. The smallest absolute Gasteiger partial charge is 0.133 e. The first-order valence-corrected chi connectivity index (χ1v) is 8.10. The van der Waals surface area contributed by atoms with E-state index in [1.54, 1.807) is 7.11 Å². The summed E-state index contributed by atoms with van der Waals surface area (Å²) in [5.74, 6) is 1.16. The Bertz CT molecular complexity index is 458. The molecule has 1 saturated carbocycles. The molecular formula is C17H29N3O. The zero-order valence-electron chi connectivity index (χ0n) is 13.9. The van der Waals surface area contributed by atoms with Crippen molar-refractivity contribution in [3.05, 3.63) is 22.9 Å². The van der Waals surface area contributed by atoms with Crippen LogP contribution in [-0.4, -0.2) is 37.8 Å². The van der Waals surface area contributed by atoms with Crippen molar-refractivity contribution in [2.24, 2.45) is 0 Å². The number of anilines is 1. The van der Waals surface area contributed by atoms with Gasteiger partial charge in [0.15, 0.2) is 0 Å². The van der Waals surface area contributed by atoms with E-state index in [0.29, 0.717) is 6.04 Å². The van der Waals surface area contributed by atoms with Crippen LogP contribution in [0.1, 0.15) is 43.0 Å². The van der Waals surface area contributed by atoms with E-state index in [-0.39, 0.29) is 0 Å². The number of aromatic nitrogens is 1. The summed E-state index contributed by atoms with van der Waals surface area (Å²) >= 11 is 0. The van der Waals surface area contributed by atoms with Crippen LogP contribution in [0.4, 0.5) is 5.82 Å². The van der Waals surface area contributed by atoms with Crippen LogP contribution < -0.4 is 10.2 Å². The molecule has 21 heavy (non-hydrogen) atoms. The number of ether oxygens (including phenoxy) is 1. The lowest BCUT2D eigenvalue weighted by Crippen LogP contribution is -2.32. The molecule has 2 rings (SSSR count). The predicted molar refractivity (Wildman–Crippen MR) is 88.0 cm³/mol. The number of methoxy groups -OCH3 is 1. The van der Waals surface area contributed by atoms with Gasteiger partial charge in [-0.1, -0.05) is 6.92 Å². The second kappa shape index (κ2) is 7.76. The second-order valence-electron chi connectivity index (χ2n) is 5.98. The number of rotatable bonds is 9. The van der Waals surface area contributed by atoms with Crippen LogP contribution in [0.3, 0.4) is 0 Å². The average Bonchev–Trinajstić information content (AvgIpc) is 3.26. The highest BCUT2D eigenvalue weighted by Gasteiger charge is 2.31. The van der Waals surface area contributed by atoms with Gasteiger partial charge in [-0.15, -0.1) is 0 Å². The maximum absolute atomic E-state index is 5.29. The number of aryl methyl sites for hydroxylation is 2. The van der Waals surface area contributed by atoms with Gasteiger partial charge in [0, 0.05) is 37.5 Å². The SMILES string of the molecule is CCCNCc1c(C)cc(C)nc1N(CCOC)C1CC1. The molecule has 1 heterocycles. The lowest BCUT2D eigenvalue weighted by Gasteiger charge is -2.27. The molecule has 1 aromatic heterocycles. The van der Waals surface area contributed by atoms with Crippen molar-refractivity contribution in [1.29, 1.82) is 0 Å². The highest BCUT2D eigenvalue weighted by molar-refractivity contribution is 5.53. The van der Waals surface area contributed by atoms with Crippen LogP contribution in [-0.2, 0) is 11.3 Å². The molecule has 0 radical (unpaired) electrons. The summed E-state index contributed by atoms with van der Waals surface area (Å²) in [4.78, 5) is 7.31. The van der Waals surface area contributed by atoms with Crippen LogP contribution in [0.25, 0.3) is 0 Å². The molecule has 0 amide bonds. The molecule has 0 atom stereocenters. The van der Waals surface area contributed by atoms with Crippen LogP contribution >= 0.6 is 0 Å². The predicted octanol–water partition coefficient (Wildman–Crippen LogP) is 2.81. The molecule has 1 aliphatic rings. The van der Waals surface area contributed by atoms with Gasteiger partial charge in [0.05, 0.1) is 6.61 Å².